The van der Waals surface area contributed by atoms with Crippen molar-refractivity contribution in [3.05, 3.63) is 53.7 Å². The van der Waals surface area contributed by atoms with Crippen LogP contribution >= 0.6 is 0 Å². The number of aromatic nitrogens is 1. The molecular formula is C19H21N3O3. The van der Waals surface area contributed by atoms with Gasteiger partial charge in [-0.05, 0) is 31.5 Å². The molecular weight excluding hydrogens is 318 g/mol. The van der Waals surface area contributed by atoms with E-state index in [4.69, 9.17) is 4.74 Å². The summed E-state index contributed by atoms with van der Waals surface area (Å²) >= 11 is 0. The number of carbonyl (C=O) groups excluding carboxylic acids is 2. The molecule has 0 saturated heterocycles. The molecule has 2 heterocycles. The minimum atomic E-state index is -0.490. The zero-order chi connectivity index (χ0) is 17.8. The molecule has 0 radical (unpaired) electrons. The van der Waals surface area contributed by atoms with Crippen molar-refractivity contribution in [2.75, 3.05) is 5.32 Å². The maximum atomic E-state index is 12.7. The Bertz CT molecular complexity index is 789. The van der Waals surface area contributed by atoms with Gasteiger partial charge >= 0.3 is 0 Å². The number of carbonyl (C=O) groups is 2. The number of hydrogen-bond acceptors (Lipinski definition) is 4. The van der Waals surface area contributed by atoms with Gasteiger partial charge in [0.25, 0.3) is 0 Å². The summed E-state index contributed by atoms with van der Waals surface area (Å²) in [6.07, 6.45) is 1.80. The first-order valence-corrected chi connectivity index (χ1v) is 8.31. The maximum absolute atomic E-state index is 12.7. The molecule has 1 aliphatic heterocycles. The Labute approximate surface area is 146 Å². The van der Waals surface area contributed by atoms with Crippen molar-refractivity contribution in [2.45, 2.75) is 38.8 Å². The van der Waals surface area contributed by atoms with E-state index in [9.17, 15) is 9.59 Å². The zero-order valence-electron chi connectivity index (χ0n) is 14.3. The highest BCUT2D eigenvalue weighted by Gasteiger charge is 2.30. The highest BCUT2D eigenvalue weighted by Crippen LogP contribution is 2.32. The monoisotopic (exact) mass is 339 g/mol. The largest absolute Gasteiger partial charge is 0.475 e. The number of benzene rings is 1. The third-order valence-corrected chi connectivity index (χ3v) is 3.97. The molecule has 1 atom stereocenters. The summed E-state index contributed by atoms with van der Waals surface area (Å²) in [6.45, 7) is 4.15. The first-order valence-electron chi connectivity index (χ1n) is 8.31. The molecule has 0 bridgehead atoms. The molecule has 3 rings (SSSR count). The van der Waals surface area contributed by atoms with E-state index in [1.807, 2.05) is 44.2 Å². The van der Waals surface area contributed by atoms with Crippen LogP contribution in [0.2, 0.25) is 0 Å². The van der Waals surface area contributed by atoms with Crippen molar-refractivity contribution < 1.29 is 14.3 Å². The van der Waals surface area contributed by atoms with E-state index >= 15 is 0 Å². The van der Waals surface area contributed by atoms with Crippen molar-refractivity contribution in [3.8, 4) is 5.88 Å². The van der Waals surface area contributed by atoms with Gasteiger partial charge in [-0.1, -0.05) is 24.3 Å². The van der Waals surface area contributed by atoms with Crippen LogP contribution in [0.1, 0.15) is 37.3 Å². The fourth-order valence-corrected chi connectivity index (χ4v) is 2.84. The molecule has 130 valence electrons. The Morgan fingerprint density at radius 1 is 1.32 bits per heavy atom. The van der Waals surface area contributed by atoms with E-state index in [1.54, 1.807) is 12.3 Å². The molecule has 6 heteroatoms. The van der Waals surface area contributed by atoms with Crippen molar-refractivity contribution in [2.24, 2.45) is 0 Å². The lowest BCUT2D eigenvalue weighted by atomic mass is 9.90. The van der Waals surface area contributed by atoms with Gasteiger partial charge < -0.3 is 15.4 Å². The summed E-state index contributed by atoms with van der Waals surface area (Å²) in [4.78, 5) is 28.7. The van der Waals surface area contributed by atoms with Gasteiger partial charge in [-0.25, -0.2) is 4.98 Å². The summed E-state index contributed by atoms with van der Waals surface area (Å²) in [7, 11) is 0. The molecule has 0 unspecified atom stereocenters. The molecule has 0 spiro atoms. The minimum absolute atomic E-state index is 0.00160. The molecule has 1 aromatic carbocycles. The molecule has 1 aliphatic rings. The van der Waals surface area contributed by atoms with Gasteiger partial charge in [-0.2, -0.15) is 0 Å². The van der Waals surface area contributed by atoms with Gasteiger partial charge in [0.15, 0.2) is 0 Å². The second-order valence-electron chi connectivity index (χ2n) is 6.24. The number of hydrogen-bond donors (Lipinski definition) is 2. The lowest BCUT2D eigenvalue weighted by molar-refractivity contribution is -0.126. The van der Waals surface area contributed by atoms with Crippen LogP contribution in [0.25, 0.3) is 0 Å². The Morgan fingerprint density at radius 2 is 2.12 bits per heavy atom. The highest BCUT2D eigenvalue weighted by molar-refractivity contribution is 6.01. The topological polar surface area (TPSA) is 80.3 Å². The van der Waals surface area contributed by atoms with Crippen LogP contribution < -0.4 is 15.4 Å². The fraction of sp³-hybridized carbons (Fsp3) is 0.316. The fourth-order valence-electron chi connectivity index (χ4n) is 2.84. The smallest absolute Gasteiger partial charge is 0.228 e. The van der Waals surface area contributed by atoms with Crippen LogP contribution in [0.5, 0.6) is 5.88 Å². The van der Waals surface area contributed by atoms with Crippen LogP contribution in [0.3, 0.4) is 0 Å². The summed E-state index contributed by atoms with van der Waals surface area (Å²) < 4.78 is 5.67. The number of nitrogens with zero attached hydrogens (tertiary/aromatic N) is 1. The number of rotatable bonds is 5. The summed E-state index contributed by atoms with van der Waals surface area (Å²) in [5.74, 6) is -0.304. The van der Waals surface area contributed by atoms with Crippen LogP contribution in [0.15, 0.2) is 42.6 Å². The molecule has 2 N–H and O–H groups in total. The Hall–Kier alpha value is -2.89. The average molecular weight is 339 g/mol. The van der Waals surface area contributed by atoms with Gasteiger partial charge in [-0.3, -0.25) is 9.59 Å². The summed E-state index contributed by atoms with van der Waals surface area (Å²) in [5, 5.41) is 5.71. The highest BCUT2D eigenvalue weighted by atomic mass is 16.5. The van der Waals surface area contributed by atoms with E-state index < -0.39 is 5.92 Å². The SMILES string of the molecule is CC(C)Oc1ncccc1CNC(=O)[C@H]1CC(=O)Nc2ccccc21. The molecule has 2 amide bonds. The van der Waals surface area contributed by atoms with Crippen molar-refractivity contribution in [1.29, 1.82) is 0 Å². The van der Waals surface area contributed by atoms with Crippen LogP contribution in [0.4, 0.5) is 5.69 Å². The van der Waals surface area contributed by atoms with Crippen molar-refractivity contribution >= 4 is 17.5 Å². The molecule has 6 nitrogen and oxygen atoms in total. The van der Waals surface area contributed by atoms with Crippen molar-refractivity contribution in [3.63, 3.8) is 0 Å². The Kier molecular flexibility index (Phi) is 4.97. The standard InChI is InChI=1S/C19H21N3O3/c1-12(2)25-19-13(6-5-9-20-19)11-21-18(24)15-10-17(23)22-16-8-4-3-7-14(15)16/h3-9,12,15H,10-11H2,1-2H3,(H,21,24)(H,22,23)/t15-/m0/s1. The predicted molar refractivity (Wildman–Crippen MR) is 94.3 cm³/mol. The maximum Gasteiger partial charge on any atom is 0.228 e. The third kappa shape index (κ3) is 3.96. The second kappa shape index (κ2) is 7.34. The van der Waals surface area contributed by atoms with E-state index in [-0.39, 0.29) is 24.3 Å². The molecule has 25 heavy (non-hydrogen) atoms. The number of fused-ring (bicyclic) bond motifs is 1. The van der Waals surface area contributed by atoms with Crippen molar-refractivity contribution in [1.82, 2.24) is 10.3 Å². The average Bonchev–Trinajstić information content (AvgIpc) is 2.59. The van der Waals surface area contributed by atoms with E-state index in [2.05, 4.69) is 15.6 Å². The number of para-hydroxylation sites is 1. The number of anilines is 1. The first kappa shape index (κ1) is 17.0. The lowest BCUT2D eigenvalue weighted by Gasteiger charge is -2.25. The number of ether oxygens (including phenoxy) is 1. The molecule has 1 aromatic heterocycles. The minimum Gasteiger partial charge on any atom is -0.475 e. The van der Waals surface area contributed by atoms with Gasteiger partial charge in [0, 0.05) is 30.4 Å². The molecule has 0 aliphatic carbocycles. The normalized spacial score (nSPS) is 16.1. The Morgan fingerprint density at radius 3 is 2.92 bits per heavy atom. The number of amides is 2. The predicted octanol–water partition coefficient (Wildman–Crippen LogP) is 2.61. The summed E-state index contributed by atoms with van der Waals surface area (Å²) in [6, 6.07) is 11.1. The van der Waals surface area contributed by atoms with Crippen LogP contribution in [-0.4, -0.2) is 22.9 Å². The second-order valence-corrected chi connectivity index (χ2v) is 6.24. The number of nitrogens with one attached hydrogen (secondary N) is 2. The molecule has 0 saturated carbocycles. The quantitative estimate of drug-likeness (QED) is 0.877. The van der Waals surface area contributed by atoms with E-state index in [0.29, 0.717) is 18.1 Å². The van der Waals surface area contributed by atoms with Gasteiger partial charge in [-0.15, -0.1) is 0 Å². The first-order chi connectivity index (χ1) is 12.0. The zero-order valence-corrected chi connectivity index (χ0v) is 14.3. The van der Waals surface area contributed by atoms with Gasteiger partial charge in [0.2, 0.25) is 17.7 Å². The molecule has 0 fully saturated rings. The van der Waals surface area contributed by atoms with E-state index in [1.165, 1.54) is 0 Å². The third-order valence-electron chi connectivity index (χ3n) is 3.97. The number of pyridine rings is 1. The van der Waals surface area contributed by atoms with Crippen LogP contribution in [-0.2, 0) is 16.1 Å². The van der Waals surface area contributed by atoms with Gasteiger partial charge in [0.05, 0.1) is 12.0 Å². The van der Waals surface area contributed by atoms with Crippen LogP contribution in [0, 0.1) is 0 Å². The Balaban J connectivity index is 1.73. The molecule has 2 aromatic rings. The van der Waals surface area contributed by atoms with Gasteiger partial charge in [0.1, 0.15) is 0 Å². The summed E-state index contributed by atoms with van der Waals surface area (Å²) in [5.41, 5.74) is 2.34. The lowest BCUT2D eigenvalue weighted by Crippen LogP contribution is -2.34. The van der Waals surface area contributed by atoms with E-state index in [0.717, 1.165) is 11.1 Å².